The summed E-state index contributed by atoms with van der Waals surface area (Å²) in [4.78, 5) is 21.2. The van der Waals surface area contributed by atoms with E-state index >= 15 is 0 Å². The van der Waals surface area contributed by atoms with Gasteiger partial charge in [0.2, 0.25) is 0 Å². The van der Waals surface area contributed by atoms with Crippen LogP contribution in [-0.4, -0.2) is 49.2 Å². The molecule has 2 aromatic rings. The van der Waals surface area contributed by atoms with Crippen molar-refractivity contribution in [1.82, 2.24) is 9.80 Å². The second kappa shape index (κ2) is 9.18. The maximum atomic E-state index is 12.8. The van der Waals surface area contributed by atoms with E-state index in [9.17, 15) is 4.79 Å². The Morgan fingerprint density at radius 3 is 2.38 bits per heavy atom. The summed E-state index contributed by atoms with van der Waals surface area (Å²) in [6.45, 7) is 7.70. The van der Waals surface area contributed by atoms with Crippen LogP contribution in [-0.2, 0) is 6.42 Å². The molecule has 0 radical (unpaired) electrons. The van der Waals surface area contributed by atoms with Crippen molar-refractivity contribution in [3.8, 4) is 0 Å². The molecule has 4 nitrogen and oxygen atoms in total. The van der Waals surface area contributed by atoms with Crippen LogP contribution in [0.2, 0.25) is 0 Å². The molecule has 0 saturated carbocycles. The van der Waals surface area contributed by atoms with Crippen molar-refractivity contribution < 1.29 is 4.79 Å². The van der Waals surface area contributed by atoms with Crippen LogP contribution < -0.4 is 0 Å². The predicted molar refractivity (Wildman–Crippen MR) is 109 cm³/mol. The maximum Gasteiger partial charge on any atom is 0.253 e. The second-order valence-corrected chi connectivity index (χ2v) is 6.66. The summed E-state index contributed by atoms with van der Waals surface area (Å²) in [5, 5.41) is 0. The topological polar surface area (TPSA) is 35.9 Å². The van der Waals surface area contributed by atoms with Crippen molar-refractivity contribution in [2.24, 2.45) is 4.99 Å². The Morgan fingerprint density at radius 2 is 1.73 bits per heavy atom. The molecule has 138 valence electrons. The van der Waals surface area contributed by atoms with Gasteiger partial charge in [-0.15, -0.1) is 0 Å². The smallest absolute Gasteiger partial charge is 0.253 e. The Morgan fingerprint density at radius 1 is 1.04 bits per heavy atom. The van der Waals surface area contributed by atoms with Crippen molar-refractivity contribution in [3.05, 3.63) is 64.7 Å². The SMILES string of the molecule is CCN(C)/C=N/c1ccc(C(=O)N(C)CCc2ccccc2)c(C)c1C. The highest BCUT2D eigenvalue weighted by molar-refractivity contribution is 5.96. The summed E-state index contributed by atoms with van der Waals surface area (Å²) in [5.74, 6) is 0.0581. The Hall–Kier alpha value is -2.62. The van der Waals surface area contributed by atoms with Crippen molar-refractivity contribution in [3.63, 3.8) is 0 Å². The van der Waals surface area contributed by atoms with E-state index in [-0.39, 0.29) is 5.91 Å². The van der Waals surface area contributed by atoms with Gasteiger partial charge in [-0.2, -0.15) is 0 Å². The lowest BCUT2D eigenvalue weighted by molar-refractivity contribution is 0.0796. The van der Waals surface area contributed by atoms with E-state index in [1.165, 1.54) is 5.56 Å². The van der Waals surface area contributed by atoms with E-state index in [1.54, 1.807) is 4.90 Å². The molecule has 0 spiro atoms. The van der Waals surface area contributed by atoms with Gasteiger partial charge in [0.25, 0.3) is 5.91 Å². The minimum Gasteiger partial charge on any atom is -0.366 e. The molecule has 0 aliphatic heterocycles. The van der Waals surface area contributed by atoms with Crippen LogP contribution in [0.15, 0.2) is 47.5 Å². The number of likely N-dealkylation sites (N-methyl/N-ethyl adjacent to an activating group) is 1. The largest absolute Gasteiger partial charge is 0.366 e. The molecule has 0 heterocycles. The summed E-state index contributed by atoms with van der Waals surface area (Å²) in [5.41, 5.74) is 4.94. The number of carbonyl (C=O) groups excluding carboxylic acids is 1. The average Bonchev–Trinajstić information content (AvgIpc) is 2.67. The first-order valence-corrected chi connectivity index (χ1v) is 9.08. The fourth-order valence-corrected chi connectivity index (χ4v) is 2.67. The number of hydrogen-bond donors (Lipinski definition) is 0. The average molecular weight is 351 g/mol. The lowest BCUT2D eigenvalue weighted by Gasteiger charge is -2.20. The van der Waals surface area contributed by atoms with E-state index in [2.05, 4.69) is 24.0 Å². The first-order valence-electron chi connectivity index (χ1n) is 9.08. The van der Waals surface area contributed by atoms with Gasteiger partial charge in [-0.1, -0.05) is 30.3 Å². The van der Waals surface area contributed by atoms with Crippen molar-refractivity contribution in [1.29, 1.82) is 0 Å². The summed E-state index contributed by atoms with van der Waals surface area (Å²) in [6.07, 6.45) is 2.68. The first-order chi connectivity index (χ1) is 12.4. The van der Waals surface area contributed by atoms with Crippen LogP contribution in [0.3, 0.4) is 0 Å². The number of carbonyl (C=O) groups is 1. The summed E-state index contributed by atoms with van der Waals surface area (Å²) >= 11 is 0. The lowest BCUT2D eigenvalue weighted by atomic mass is 10.0. The second-order valence-electron chi connectivity index (χ2n) is 6.66. The third-order valence-electron chi connectivity index (χ3n) is 4.81. The number of amides is 1. The van der Waals surface area contributed by atoms with E-state index in [0.717, 1.165) is 35.3 Å². The van der Waals surface area contributed by atoms with Crippen LogP contribution in [0.1, 0.15) is 34.0 Å². The summed E-state index contributed by atoms with van der Waals surface area (Å²) in [6, 6.07) is 14.1. The monoisotopic (exact) mass is 351 g/mol. The van der Waals surface area contributed by atoms with Crippen LogP contribution in [0.5, 0.6) is 0 Å². The molecule has 2 rings (SSSR count). The molecule has 4 heteroatoms. The van der Waals surface area contributed by atoms with Crippen molar-refractivity contribution in [2.45, 2.75) is 27.2 Å². The fourth-order valence-electron chi connectivity index (χ4n) is 2.67. The van der Waals surface area contributed by atoms with Crippen molar-refractivity contribution >= 4 is 17.9 Å². The normalized spacial score (nSPS) is 11.0. The van der Waals surface area contributed by atoms with Gasteiger partial charge in [0.05, 0.1) is 12.0 Å². The van der Waals surface area contributed by atoms with Gasteiger partial charge >= 0.3 is 0 Å². The minimum atomic E-state index is 0.0581. The Kier molecular flexibility index (Phi) is 6.96. The van der Waals surface area contributed by atoms with Crippen LogP contribution in [0.4, 0.5) is 5.69 Å². The van der Waals surface area contributed by atoms with Gasteiger partial charge in [-0.25, -0.2) is 4.99 Å². The van der Waals surface area contributed by atoms with E-state index in [4.69, 9.17) is 0 Å². The number of rotatable bonds is 7. The third kappa shape index (κ3) is 4.94. The molecular formula is C22H29N3O. The molecule has 26 heavy (non-hydrogen) atoms. The summed E-state index contributed by atoms with van der Waals surface area (Å²) in [7, 11) is 3.85. The van der Waals surface area contributed by atoms with Crippen LogP contribution >= 0.6 is 0 Å². The van der Waals surface area contributed by atoms with Gasteiger partial charge in [-0.3, -0.25) is 4.79 Å². The molecule has 1 amide bonds. The molecule has 0 unspecified atom stereocenters. The molecule has 0 aromatic heterocycles. The molecular weight excluding hydrogens is 322 g/mol. The molecule has 2 aromatic carbocycles. The highest BCUT2D eigenvalue weighted by Gasteiger charge is 2.16. The van der Waals surface area contributed by atoms with Gasteiger partial charge in [0.15, 0.2) is 0 Å². The zero-order chi connectivity index (χ0) is 19.1. The summed E-state index contributed by atoms with van der Waals surface area (Å²) < 4.78 is 0. The van der Waals surface area contributed by atoms with E-state index in [0.29, 0.717) is 6.54 Å². The van der Waals surface area contributed by atoms with Gasteiger partial charge in [0.1, 0.15) is 0 Å². The lowest BCUT2D eigenvalue weighted by Crippen LogP contribution is -2.29. The van der Waals surface area contributed by atoms with Crippen LogP contribution in [0, 0.1) is 13.8 Å². The molecule has 0 fully saturated rings. The number of nitrogens with zero attached hydrogens (tertiary/aromatic N) is 3. The Bertz CT molecular complexity index is 768. The molecule has 0 aliphatic carbocycles. The van der Waals surface area contributed by atoms with Crippen LogP contribution in [0.25, 0.3) is 0 Å². The molecule has 0 atom stereocenters. The molecule has 0 aliphatic rings. The molecule has 0 bridgehead atoms. The first kappa shape index (κ1) is 19.7. The predicted octanol–water partition coefficient (Wildman–Crippen LogP) is 4.23. The van der Waals surface area contributed by atoms with E-state index in [1.807, 2.05) is 69.5 Å². The maximum absolute atomic E-state index is 12.8. The van der Waals surface area contributed by atoms with Gasteiger partial charge in [0, 0.05) is 32.7 Å². The molecule has 0 N–H and O–H groups in total. The molecule has 0 saturated heterocycles. The third-order valence-corrected chi connectivity index (χ3v) is 4.81. The zero-order valence-corrected chi connectivity index (χ0v) is 16.5. The van der Waals surface area contributed by atoms with Gasteiger partial charge < -0.3 is 9.80 Å². The van der Waals surface area contributed by atoms with E-state index < -0.39 is 0 Å². The number of benzene rings is 2. The Labute approximate surface area is 157 Å². The zero-order valence-electron chi connectivity index (χ0n) is 16.5. The standard InChI is InChI=1S/C22H29N3O/c1-6-24(4)16-23-21-13-12-20(17(2)18(21)3)22(26)25(5)15-14-19-10-8-7-9-11-19/h7-13,16H,6,14-15H2,1-5H3/b23-16+. The van der Waals surface area contributed by atoms with Crippen molar-refractivity contribution in [2.75, 3.05) is 27.2 Å². The van der Waals surface area contributed by atoms with Gasteiger partial charge in [-0.05, 0) is 56.0 Å². The fraction of sp³-hybridized carbons (Fsp3) is 0.364. The number of aliphatic imine (C=N–C) groups is 1. The Balaban J connectivity index is 2.10. The highest BCUT2D eigenvalue weighted by Crippen LogP contribution is 2.25. The highest BCUT2D eigenvalue weighted by atomic mass is 16.2. The minimum absolute atomic E-state index is 0.0581. The quantitative estimate of drug-likeness (QED) is 0.553. The number of hydrogen-bond acceptors (Lipinski definition) is 2.